The average Bonchev–Trinajstić information content (AvgIpc) is 2.66. The molecule has 0 unspecified atom stereocenters. The van der Waals surface area contributed by atoms with Gasteiger partial charge < -0.3 is 10.3 Å². The molecule has 2 N–H and O–H groups in total. The Morgan fingerprint density at radius 1 is 1.43 bits per heavy atom. The van der Waals surface area contributed by atoms with E-state index in [0.717, 1.165) is 5.56 Å². The van der Waals surface area contributed by atoms with Crippen molar-refractivity contribution in [2.75, 3.05) is 0 Å². The lowest BCUT2D eigenvalue weighted by Gasteiger charge is -1.93. The third kappa shape index (κ3) is 1.76. The van der Waals surface area contributed by atoms with Gasteiger partial charge in [0.2, 0.25) is 0 Å². The lowest BCUT2D eigenvalue weighted by Crippen LogP contribution is -1.97. The second-order valence-corrected chi connectivity index (χ2v) is 3.17. The highest BCUT2D eigenvalue weighted by Crippen LogP contribution is 2.20. The molecule has 72 valence electrons. The standard InChI is InChI=1S/C9H8ClN3O/c10-7-3-1-2-6(4-7)9-12-8(5-11)13-14-9/h1-4H,5,11H2. The lowest BCUT2D eigenvalue weighted by molar-refractivity contribution is 0.423. The molecule has 2 aromatic rings. The first-order valence-electron chi connectivity index (χ1n) is 4.08. The van der Waals surface area contributed by atoms with E-state index in [4.69, 9.17) is 21.9 Å². The Morgan fingerprint density at radius 2 is 2.29 bits per heavy atom. The van der Waals surface area contributed by atoms with Crippen molar-refractivity contribution in [1.82, 2.24) is 10.1 Å². The van der Waals surface area contributed by atoms with E-state index in [-0.39, 0.29) is 6.54 Å². The highest BCUT2D eigenvalue weighted by atomic mass is 35.5. The van der Waals surface area contributed by atoms with Crippen LogP contribution in [-0.2, 0) is 6.54 Å². The van der Waals surface area contributed by atoms with Gasteiger partial charge in [-0.15, -0.1) is 0 Å². The van der Waals surface area contributed by atoms with Crippen LogP contribution in [0, 0.1) is 0 Å². The molecule has 0 aliphatic carbocycles. The van der Waals surface area contributed by atoms with Crippen LogP contribution in [0.1, 0.15) is 5.82 Å². The van der Waals surface area contributed by atoms with E-state index >= 15 is 0 Å². The quantitative estimate of drug-likeness (QED) is 0.820. The summed E-state index contributed by atoms with van der Waals surface area (Å²) in [5.74, 6) is 0.924. The molecule has 4 nitrogen and oxygen atoms in total. The van der Waals surface area contributed by atoms with Gasteiger partial charge in [-0.1, -0.05) is 22.8 Å². The van der Waals surface area contributed by atoms with E-state index in [0.29, 0.717) is 16.7 Å². The van der Waals surface area contributed by atoms with Gasteiger partial charge in [-0.05, 0) is 18.2 Å². The van der Waals surface area contributed by atoms with E-state index in [9.17, 15) is 0 Å². The number of aromatic nitrogens is 2. The van der Waals surface area contributed by atoms with Crippen molar-refractivity contribution < 1.29 is 4.52 Å². The minimum atomic E-state index is 0.268. The predicted octanol–water partition coefficient (Wildman–Crippen LogP) is 1.85. The summed E-state index contributed by atoms with van der Waals surface area (Å²) < 4.78 is 5.00. The number of nitrogens with zero attached hydrogens (tertiary/aromatic N) is 2. The molecule has 0 saturated carbocycles. The molecule has 1 aromatic heterocycles. The van der Waals surface area contributed by atoms with E-state index in [2.05, 4.69) is 10.1 Å². The molecule has 1 aromatic carbocycles. The number of nitrogens with two attached hydrogens (primary N) is 1. The van der Waals surface area contributed by atoms with E-state index in [1.54, 1.807) is 12.1 Å². The zero-order chi connectivity index (χ0) is 9.97. The van der Waals surface area contributed by atoms with Crippen LogP contribution in [0.5, 0.6) is 0 Å². The normalized spacial score (nSPS) is 10.4. The van der Waals surface area contributed by atoms with Gasteiger partial charge in [-0.3, -0.25) is 0 Å². The summed E-state index contributed by atoms with van der Waals surface area (Å²) in [5, 5.41) is 4.32. The molecule has 0 saturated heterocycles. The zero-order valence-corrected chi connectivity index (χ0v) is 8.03. The molecule has 1 heterocycles. The summed E-state index contributed by atoms with van der Waals surface area (Å²) in [7, 11) is 0. The Balaban J connectivity index is 2.39. The van der Waals surface area contributed by atoms with E-state index < -0.39 is 0 Å². The Bertz CT molecular complexity index is 441. The predicted molar refractivity (Wildman–Crippen MR) is 52.6 cm³/mol. The molecule has 0 aliphatic heterocycles. The zero-order valence-electron chi connectivity index (χ0n) is 7.27. The highest BCUT2D eigenvalue weighted by Gasteiger charge is 2.07. The summed E-state index contributed by atoms with van der Waals surface area (Å²) in [5.41, 5.74) is 6.16. The Labute approximate surface area is 85.7 Å². The molecule has 14 heavy (non-hydrogen) atoms. The first-order chi connectivity index (χ1) is 6.79. The molecule has 2 rings (SSSR count). The highest BCUT2D eigenvalue weighted by molar-refractivity contribution is 6.30. The molecule has 0 aliphatic rings. The first-order valence-corrected chi connectivity index (χ1v) is 4.46. The maximum absolute atomic E-state index is 5.82. The first kappa shape index (κ1) is 9.18. The van der Waals surface area contributed by atoms with Crippen molar-refractivity contribution in [2.45, 2.75) is 6.54 Å². The van der Waals surface area contributed by atoms with Crippen LogP contribution in [0.15, 0.2) is 28.8 Å². The summed E-state index contributed by atoms with van der Waals surface area (Å²) >= 11 is 5.82. The van der Waals surface area contributed by atoms with Crippen LogP contribution in [0.25, 0.3) is 11.5 Å². The molecule has 0 bridgehead atoms. The summed E-state index contributed by atoms with van der Waals surface area (Å²) in [6.45, 7) is 0.268. The molecule has 0 amide bonds. The Morgan fingerprint density at radius 3 is 2.93 bits per heavy atom. The third-order valence-electron chi connectivity index (χ3n) is 1.72. The number of hydrogen-bond acceptors (Lipinski definition) is 4. The van der Waals surface area contributed by atoms with E-state index in [1.807, 2.05) is 12.1 Å². The van der Waals surface area contributed by atoms with E-state index in [1.165, 1.54) is 0 Å². The summed E-state index contributed by atoms with van der Waals surface area (Å²) in [6, 6.07) is 7.21. The molecule has 0 spiro atoms. The average molecular weight is 210 g/mol. The van der Waals surface area contributed by atoms with Gasteiger partial charge in [0.15, 0.2) is 5.82 Å². The summed E-state index contributed by atoms with van der Waals surface area (Å²) in [6.07, 6.45) is 0. The SMILES string of the molecule is NCc1noc(-c2cccc(Cl)c2)n1. The number of halogens is 1. The smallest absolute Gasteiger partial charge is 0.258 e. The van der Waals surface area contributed by atoms with Crippen LogP contribution in [-0.4, -0.2) is 10.1 Å². The van der Waals surface area contributed by atoms with Gasteiger partial charge in [0, 0.05) is 10.6 Å². The largest absolute Gasteiger partial charge is 0.334 e. The van der Waals surface area contributed by atoms with Crippen molar-refractivity contribution in [1.29, 1.82) is 0 Å². The van der Waals surface area contributed by atoms with Crippen molar-refractivity contribution in [3.8, 4) is 11.5 Å². The third-order valence-corrected chi connectivity index (χ3v) is 1.96. The van der Waals surface area contributed by atoms with Crippen LogP contribution in [0.2, 0.25) is 5.02 Å². The Kier molecular flexibility index (Phi) is 2.47. The second kappa shape index (κ2) is 3.77. The van der Waals surface area contributed by atoms with Crippen molar-refractivity contribution in [3.05, 3.63) is 35.1 Å². The minimum absolute atomic E-state index is 0.268. The fourth-order valence-corrected chi connectivity index (χ4v) is 1.27. The number of benzene rings is 1. The van der Waals surface area contributed by atoms with Crippen LogP contribution >= 0.6 is 11.6 Å². The molecule has 5 heteroatoms. The number of hydrogen-bond donors (Lipinski definition) is 1. The fraction of sp³-hybridized carbons (Fsp3) is 0.111. The molecular weight excluding hydrogens is 202 g/mol. The maximum Gasteiger partial charge on any atom is 0.258 e. The topological polar surface area (TPSA) is 64.9 Å². The monoisotopic (exact) mass is 209 g/mol. The van der Waals surface area contributed by atoms with Gasteiger partial charge >= 0.3 is 0 Å². The van der Waals surface area contributed by atoms with Crippen molar-refractivity contribution in [3.63, 3.8) is 0 Å². The number of rotatable bonds is 2. The van der Waals surface area contributed by atoms with Gasteiger partial charge in [0.1, 0.15) is 0 Å². The van der Waals surface area contributed by atoms with Gasteiger partial charge in [-0.25, -0.2) is 0 Å². The molecular formula is C9H8ClN3O. The minimum Gasteiger partial charge on any atom is -0.334 e. The van der Waals surface area contributed by atoms with Crippen LogP contribution in [0.3, 0.4) is 0 Å². The van der Waals surface area contributed by atoms with Gasteiger partial charge in [0.25, 0.3) is 5.89 Å². The molecule has 0 radical (unpaired) electrons. The van der Waals surface area contributed by atoms with Crippen LogP contribution in [0.4, 0.5) is 0 Å². The summed E-state index contributed by atoms with van der Waals surface area (Å²) in [4.78, 5) is 4.08. The van der Waals surface area contributed by atoms with Crippen molar-refractivity contribution >= 4 is 11.6 Å². The van der Waals surface area contributed by atoms with Crippen molar-refractivity contribution in [2.24, 2.45) is 5.73 Å². The Hall–Kier alpha value is -1.39. The van der Waals surface area contributed by atoms with Crippen LogP contribution < -0.4 is 5.73 Å². The fourth-order valence-electron chi connectivity index (χ4n) is 1.08. The van der Waals surface area contributed by atoms with Gasteiger partial charge in [0.05, 0.1) is 6.54 Å². The molecule has 0 fully saturated rings. The van der Waals surface area contributed by atoms with Gasteiger partial charge in [-0.2, -0.15) is 4.98 Å². The second-order valence-electron chi connectivity index (χ2n) is 2.73. The maximum atomic E-state index is 5.82. The molecule has 0 atom stereocenters. The lowest BCUT2D eigenvalue weighted by atomic mass is 10.2.